The van der Waals surface area contributed by atoms with Crippen LogP contribution in [0, 0.1) is 11.8 Å². The molecule has 0 aliphatic heterocycles. The lowest BCUT2D eigenvalue weighted by Crippen LogP contribution is -2.30. The van der Waals surface area contributed by atoms with E-state index in [0.717, 1.165) is 5.56 Å². The van der Waals surface area contributed by atoms with E-state index in [1.807, 2.05) is 30.3 Å². The van der Waals surface area contributed by atoms with Crippen LogP contribution in [0.25, 0.3) is 0 Å². The Bertz CT molecular complexity index is 895. The van der Waals surface area contributed by atoms with Gasteiger partial charge in [-0.25, -0.2) is 13.1 Å². The van der Waals surface area contributed by atoms with Gasteiger partial charge in [-0.1, -0.05) is 36.1 Å². The molecule has 0 radical (unpaired) electrons. The van der Waals surface area contributed by atoms with Gasteiger partial charge in [0.15, 0.2) is 0 Å². The third kappa shape index (κ3) is 5.75. The molecule has 0 saturated carbocycles. The van der Waals surface area contributed by atoms with Gasteiger partial charge in [-0.05, 0) is 44.2 Å². The molecule has 0 saturated heterocycles. The van der Waals surface area contributed by atoms with Gasteiger partial charge < -0.3 is 5.32 Å². The van der Waals surface area contributed by atoms with E-state index in [1.165, 1.54) is 12.1 Å². The van der Waals surface area contributed by atoms with Gasteiger partial charge in [-0.2, -0.15) is 0 Å². The van der Waals surface area contributed by atoms with Crippen molar-refractivity contribution in [2.45, 2.75) is 24.8 Å². The summed E-state index contributed by atoms with van der Waals surface area (Å²) in [7, 11) is -3.63. The number of nitrogens with one attached hydrogen (secondary N) is 2. The predicted octanol–water partition coefficient (Wildman–Crippen LogP) is 2.15. The van der Waals surface area contributed by atoms with Crippen molar-refractivity contribution in [3.63, 3.8) is 0 Å². The van der Waals surface area contributed by atoms with E-state index in [1.54, 1.807) is 26.0 Å². The third-order valence-electron chi connectivity index (χ3n) is 3.14. The van der Waals surface area contributed by atoms with Crippen molar-refractivity contribution < 1.29 is 13.2 Å². The van der Waals surface area contributed by atoms with Crippen LogP contribution < -0.4 is 10.0 Å². The summed E-state index contributed by atoms with van der Waals surface area (Å²) in [5.41, 5.74) is 1.14. The lowest BCUT2D eigenvalue weighted by Gasteiger charge is -2.10. The Morgan fingerprint density at radius 1 is 1.08 bits per heavy atom. The zero-order valence-electron chi connectivity index (χ0n) is 14.1. The van der Waals surface area contributed by atoms with Gasteiger partial charge in [0.2, 0.25) is 10.0 Å². The summed E-state index contributed by atoms with van der Waals surface area (Å²) in [5.74, 6) is 5.43. The van der Waals surface area contributed by atoms with Crippen LogP contribution in [0.1, 0.15) is 29.8 Å². The topological polar surface area (TPSA) is 75.3 Å². The molecule has 0 heterocycles. The second kappa shape index (κ2) is 8.47. The van der Waals surface area contributed by atoms with E-state index in [0.29, 0.717) is 0 Å². The molecule has 2 rings (SSSR count). The highest BCUT2D eigenvalue weighted by Crippen LogP contribution is 2.12. The van der Waals surface area contributed by atoms with Gasteiger partial charge in [0.1, 0.15) is 0 Å². The van der Waals surface area contributed by atoms with Crippen LogP contribution in [0.2, 0.25) is 0 Å². The number of amides is 1. The van der Waals surface area contributed by atoms with Crippen LogP contribution in [0.15, 0.2) is 59.5 Å². The van der Waals surface area contributed by atoms with Gasteiger partial charge in [-0.3, -0.25) is 4.79 Å². The molecule has 2 aromatic carbocycles. The number of hydrogen-bond acceptors (Lipinski definition) is 3. The average molecular weight is 356 g/mol. The van der Waals surface area contributed by atoms with Crippen LogP contribution in [-0.4, -0.2) is 26.9 Å². The summed E-state index contributed by atoms with van der Waals surface area (Å²) in [6.45, 7) is 3.65. The van der Waals surface area contributed by atoms with Gasteiger partial charge in [0.05, 0.1) is 11.4 Å². The smallest absolute Gasteiger partial charge is 0.252 e. The maximum absolute atomic E-state index is 12.2. The Hall–Kier alpha value is -2.62. The molecule has 130 valence electrons. The fourth-order valence-electron chi connectivity index (χ4n) is 2.08. The van der Waals surface area contributed by atoms with Crippen molar-refractivity contribution in [2.24, 2.45) is 0 Å². The van der Waals surface area contributed by atoms with Gasteiger partial charge in [0.25, 0.3) is 5.91 Å². The average Bonchev–Trinajstić information content (AvgIpc) is 2.58. The minimum Gasteiger partial charge on any atom is -0.341 e. The van der Waals surface area contributed by atoms with Crippen LogP contribution in [-0.2, 0) is 10.0 Å². The number of rotatable bonds is 5. The first-order valence-corrected chi connectivity index (χ1v) is 9.31. The fourth-order valence-corrected chi connectivity index (χ4v) is 3.37. The van der Waals surface area contributed by atoms with Gasteiger partial charge in [0, 0.05) is 17.2 Å². The normalized spacial score (nSPS) is 10.8. The Labute approximate surface area is 148 Å². The summed E-state index contributed by atoms with van der Waals surface area (Å²) < 4.78 is 26.8. The molecule has 0 bridgehead atoms. The molecule has 5 nitrogen and oxygen atoms in total. The highest BCUT2D eigenvalue weighted by molar-refractivity contribution is 7.89. The van der Waals surface area contributed by atoms with E-state index >= 15 is 0 Å². The van der Waals surface area contributed by atoms with Gasteiger partial charge in [-0.15, -0.1) is 0 Å². The van der Waals surface area contributed by atoms with E-state index in [9.17, 15) is 13.2 Å². The molecule has 0 spiro atoms. The van der Waals surface area contributed by atoms with Crippen LogP contribution in [0.4, 0.5) is 0 Å². The largest absolute Gasteiger partial charge is 0.341 e. The first-order valence-electron chi connectivity index (χ1n) is 7.83. The van der Waals surface area contributed by atoms with Gasteiger partial charge >= 0.3 is 0 Å². The summed E-state index contributed by atoms with van der Waals surface area (Å²) in [4.78, 5) is 12.2. The Morgan fingerprint density at radius 2 is 1.80 bits per heavy atom. The van der Waals surface area contributed by atoms with Crippen LogP contribution in [0.5, 0.6) is 0 Å². The molecule has 2 aromatic rings. The van der Waals surface area contributed by atoms with Crippen molar-refractivity contribution in [1.29, 1.82) is 0 Å². The molecule has 0 fully saturated rings. The number of carbonyl (C=O) groups is 1. The van der Waals surface area contributed by atoms with Crippen molar-refractivity contribution in [2.75, 3.05) is 6.54 Å². The molecule has 0 atom stereocenters. The van der Waals surface area contributed by atoms with Crippen molar-refractivity contribution >= 4 is 15.9 Å². The predicted molar refractivity (Wildman–Crippen MR) is 97.6 cm³/mol. The summed E-state index contributed by atoms with van der Waals surface area (Å²) in [6, 6.07) is 15.1. The maximum Gasteiger partial charge on any atom is 0.252 e. The summed E-state index contributed by atoms with van der Waals surface area (Å²) in [5, 5.41) is 2.66. The van der Waals surface area contributed by atoms with Crippen molar-refractivity contribution in [3.8, 4) is 11.8 Å². The fraction of sp³-hybridized carbons (Fsp3) is 0.211. The minimum absolute atomic E-state index is 0.0595. The van der Waals surface area contributed by atoms with Crippen LogP contribution in [0.3, 0.4) is 0 Å². The highest BCUT2D eigenvalue weighted by Gasteiger charge is 2.17. The lowest BCUT2D eigenvalue weighted by atomic mass is 10.2. The molecule has 0 aromatic heterocycles. The minimum atomic E-state index is -3.63. The zero-order valence-corrected chi connectivity index (χ0v) is 14.9. The molecule has 0 aliphatic rings. The standard InChI is InChI=1S/C19H20N2O3S/c1-15(2)21-25(23,24)18-12-6-11-17(14-18)19(22)20-13-7-10-16-8-4-3-5-9-16/h3-6,8-9,11-12,14-15,21H,13H2,1-2H3,(H,20,22). The molecule has 2 N–H and O–H groups in total. The number of sulfonamides is 1. The molecule has 0 unspecified atom stereocenters. The monoisotopic (exact) mass is 356 g/mol. The van der Waals surface area contributed by atoms with E-state index < -0.39 is 10.0 Å². The lowest BCUT2D eigenvalue weighted by molar-refractivity contribution is 0.0958. The second-order valence-electron chi connectivity index (χ2n) is 5.65. The maximum atomic E-state index is 12.2. The number of benzene rings is 2. The quantitative estimate of drug-likeness (QED) is 0.806. The summed E-state index contributed by atoms with van der Waals surface area (Å²) in [6.07, 6.45) is 0. The molecule has 25 heavy (non-hydrogen) atoms. The van der Waals surface area contributed by atoms with Crippen molar-refractivity contribution in [3.05, 3.63) is 65.7 Å². The summed E-state index contributed by atoms with van der Waals surface area (Å²) >= 11 is 0. The Kier molecular flexibility index (Phi) is 6.34. The molecule has 6 heteroatoms. The van der Waals surface area contributed by atoms with E-state index in [2.05, 4.69) is 21.9 Å². The zero-order chi connectivity index (χ0) is 18.3. The number of carbonyl (C=O) groups excluding carboxylic acids is 1. The number of hydrogen-bond donors (Lipinski definition) is 2. The highest BCUT2D eigenvalue weighted by atomic mass is 32.2. The van der Waals surface area contributed by atoms with E-state index in [4.69, 9.17) is 0 Å². The second-order valence-corrected chi connectivity index (χ2v) is 7.37. The Morgan fingerprint density at radius 3 is 2.48 bits per heavy atom. The molecular formula is C19H20N2O3S. The third-order valence-corrected chi connectivity index (χ3v) is 4.80. The van der Waals surface area contributed by atoms with Crippen LogP contribution >= 0.6 is 0 Å². The first-order chi connectivity index (χ1) is 11.9. The molecular weight excluding hydrogens is 336 g/mol. The van der Waals surface area contributed by atoms with Crippen molar-refractivity contribution in [1.82, 2.24) is 10.0 Å². The first kappa shape index (κ1) is 18.7. The molecule has 0 aliphatic carbocycles. The Balaban J connectivity index is 2.03. The van der Waals surface area contributed by atoms with E-state index in [-0.39, 0.29) is 29.0 Å². The molecule has 1 amide bonds. The SMILES string of the molecule is CC(C)NS(=O)(=O)c1cccc(C(=O)NCC#Cc2ccccc2)c1.